The SMILES string of the molecule is Cc1ccc2nc(NCc3ccccc3)nc(Cl)c2n1. The van der Waals surface area contributed by atoms with Crippen molar-refractivity contribution in [3.63, 3.8) is 0 Å². The van der Waals surface area contributed by atoms with Crippen molar-refractivity contribution >= 4 is 28.6 Å². The quantitative estimate of drug-likeness (QED) is 0.747. The van der Waals surface area contributed by atoms with Crippen molar-refractivity contribution in [3.8, 4) is 0 Å². The zero-order valence-electron chi connectivity index (χ0n) is 11.0. The van der Waals surface area contributed by atoms with Crippen LogP contribution >= 0.6 is 11.6 Å². The number of pyridine rings is 1. The highest BCUT2D eigenvalue weighted by Gasteiger charge is 2.07. The van der Waals surface area contributed by atoms with Crippen molar-refractivity contribution in [3.05, 3.63) is 58.9 Å². The molecule has 2 aromatic heterocycles. The summed E-state index contributed by atoms with van der Waals surface area (Å²) in [7, 11) is 0. The number of hydrogen-bond acceptors (Lipinski definition) is 4. The first-order chi connectivity index (χ1) is 9.72. The Labute approximate surface area is 121 Å². The Kier molecular flexibility index (Phi) is 3.48. The molecule has 1 N–H and O–H groups in total. The van der Waals surface area contributed by atoms with E-state index in [2.05, 4.69) is 20.3 Å². The molecule has 20 heavy (non-hydrogen) atoms. The summed E-state index contributed by atoms with van der Waals surface area (Å²) in [6.45, 7) is 2.57. The van der Waals surface area contributed by atoms with Crippen molar-refractivity contribution < 1.29 is 0 Å². The van der Waals surface area contributed by atoms with Crippen LogP contribution in [0.15, 0.2) is 42.5 Å². The van der Waals surface area contributed by atoms with Gasteiger partial charge in [-0.2, -0.15) is 4.98 Å². The molecule has 100 valence electrons. The Morgan fingerprint density at radius 3 is 2.60 bits per heavy atom. The third-order valence-electron chi connectivity index (χ3n) is 2.93. The second-order valence-electron chi connectivity index (χ2n) is 4.50. The minimum absolute atomic E-state index is 0.370. The molecule has 0 spiro atoms. The van der Waals surface area contributed by atoms with Crippen LogP contribution in [-0.4, -0.2) is 15.0 Å². The van der Waals surface area contributed by atoms with Crippen LogP contribution in [0.3, 0.4) is 0 Å². The van der Waals surface area contributed by atoms with Gasteiger partial charge in [-0.15, -0.1) is 0 Å². The number of fused-ring (bicyclic) bond motifs is 1. The monoisotopic (exact) mass is 284 g/mol. The van der Waals surface area contributed by atoms with Crippen LogP contribution in [-0.2, 0) is 6.54 Å². The minimum atomic E-state index is 0.370. The smallest absolute Gasteiger partial charge is 0.225 e. The van der Waals surface area contributed by atoms with Gasteiger partial charge in [0.15, 0.2) is 5.15 Å². The first-order valence-corrected chi connectivity index (χ1v) is 6.69. The number of aromatic nitrogens is 3. The van der Waals surface area contributed by atoms with Crippen LogP contribution in [0, 0.1) is 6.92 Å². The van der Waals surface area contributed by atoms with Gasteiger partial charge in [-0.3, -0.25) is 0 Å². The molecule has 0 saturated carbocycles. The van der Waals surface area contributed by atoms with E-state index in [0.717, 1.165) is 16.8 Å². The predicted molar refractivity (Wildman–Crippen MR) is 80.8 cm³/mol. The molecule has 0 aliphatic rings. The Bertz CT molecular complexity index is 743. The molecule has 0 bridgehead atoms. The van der Waals surface area contributed by atoms with Crippen LogP contribution in [0.5, 0.6) is 0 Å². The Balaban J connectivity index is 1.87. The highest BCUT2D eigenvalue weighted by molar-refractivity contribution is 6.33. The number of nitrogens with one attached hydrogen (secondary N) is 1. The topological polar surface area (TPSA) is 50.7 Å². The number of rotatable bonds is 3. The van der Waals surface area contributed by atoms with Crippen molar-refractivity contribution in [1.29, 1.82) is 0 Å². The van der Waals surface area contributed by atoms with Crippen molar-refractivity contribution in [2.24, 2.45) is 0 Å². The van der Waals surface area contributed by atoms with Gasteiger partial charge in [-0.05, 0) is 24.6 Å². The maximum absolute atomic E-state index is 6.16. The Morgan fingerprint density at radius 2 is 1.80 bits per heavy atom. The largest absolute Gasteiger partial charge is 0.350 e. The normalized spacial score (nSPS) is 10.7. The molecule has 2 heterocycles. The fourth-order valence-electron chi connectivity index (χ4n) is 1.93. The standard InChI is InChI=1S/C15H13ClN4/c1-10-7-8-12-13(18-10)14(16)20-15(19-12)17-9-11-5-3-2-4-6-11/h2-8H,9H2,1H3,(H,17,19,20). The molecule has 0 aliphatic heterocycles. The van der Waals surface area contributed by atoms with E-state index in [9.17, 15) is 0 Å². The lowest BCUT2D eigenvalue weighted by atomic mass is 10.2. The van der Waals surface area contributed by atoms with E-state index < -0.39 is 0 Å². The van der Waals surface area contributed by atoms with Crippen LogP contribution in [0.1, 0.15) is 11.3 Å². The number of anilines is 1. The maximum atomic E-state index is 6.16. The van der Waals surface area contributed by atoms with E-state index in [4.69, 9.17) is 11.6 Å². The molecule has 0 unspecified atom stereocenters. The first-order valence-electron chi connectivity index (χ1n) is 6.31. The summed E-state index contributed by atoms with van der Waals surface area (Å²) in [6, 6.07) is 13.9. The molecule has 3 rings (SSSR count). The summed E-state index contributed by atoms with van der Waals surface area (Å²) < 4.78 is 0. The molecule has 0 radical (unpaired) electrons. The molecule has 1 aromatic carbocycles. The van der Waals surface area contributed by atoms with Crippen LogP contribution in [0.4, 0.5) is 5.95 Å². The first kappa shape index (κ1) is 12.8. The second-order valence-corrected chi connectivity index (χ2v) is 4.86. The van der Waals surface area contributed by atoms with E-state index in [-0.39, 0.29) is 0 Å². The van der Waals surface area contributed by atoms with E-state index in [1.54, 1.807) is 0 Å². The van der Waals surface area contributed by atoms with Crippen LogP contribution in [0.25, 0.3) is 11.0 Å². The summed E-state index contributed by atoms with van der Waals surface area (Å²) >= 11 is 6.16. The molecular weight excluding hydrogens is 272 g/mol. The van der Waals surface area contributed by atoms with Gasteiger partial charge in [-0.25, -0.2) is 9.97 Å². The lowest BCUT2D eigenvalue weighted by Gasteiger charge is -2.07. The van der Waals surface area contributed by atoms with Gasteiger partial charge < -0.3 is 5.32 Å². The minimum Gasteiger partial charge on any atom is -0.350 e. The maximum Gasteiger partial charge on any atom is 0.225 e. The average molecular weight is 285 g/mol. The van der Waals surface area contributed by atoms with E-state index >= 15 is 0 Å². The zero-order valence-corrected chi connectivity index (χ0v) is 11.7. The summed E-state index contributed by atoms with van der Waals surface area (Å²) in [6.07, 6.45) is 0. The van der Waals surface area contributed by atoms with Gasteiger partial charge in [0, 0.05) is 12.2 Å². The molecule has 4 nitrogen and oxygen atoms in total. The van der Waals surface area contributed by atoms with Crippen molar-refractivity contribution in [2.45, 2.75) is 13.5 Å². The van der Waals surface area contributed by atoms with Crippen molar-refractivity contribution in [1.82, 2.24) is 15.0 Å². The predicted octanol–water partition coefficient (Wildman–Crippen LogP) is 3.60. The Morgan fingerprint density at radius 1 is 1.00 bits per heavy atom. The van der Waals surface area contributed by atoms with Crippen LogP contribution < -0.4 is 5.32 Å². The number of hydrogen-bond donors (Lipinski definition) is 1. The molecular formula is C15H13ClN4. The molecule has 5 heteroatoms. The van der Waals surface area contributed by atoms with Gasteiger partial charge in [0.1, 0.15) is 5.52 Å². The molecule has 0 amide bonds. The molecule has 0 fully saturated rings. The average Bonchev–Trinajstić information content (AvgIpc) is 2.47. The summed E-state index contributed by atoms with van der Waals surface area (Å²) in [5, 5.41) is 3.54. The highest BCUT2D eigenvalue weighted by Crippen LogP contribution is 2.20. The number of benzene rings is 1. The third kappa shape index (κ3) is 2.70. The van der Waals surface area contributed by atoms with Gasteiger partial charge in [-0.1, -0.05) is 41.9 Å². The van der Waals surface area contributed by atoms with Crippen LogP contribution in [0.2, 0.25) is 5.15 Å². The number of nitrogens with zero attached hydrogens (tertiary/aromatic N) is 3. The summed E-state index contributed by atoms with van der Waals surface area (Å²) in [4.78, 5) is 13.0. The van der Waals surface area contributed by atoms with E-state index in [1.807, 2.05) is 49.4 Å². The van der Waals surface area contributed by atoms with Gasteiger partial charge in [0.05, 0.1) is 5.52 Å². The summed E-state index contributed by atoms with van der Waals surface area (Å²) in [5.41, 5.74) is 3.44. The van der Waals surface area contributed by atoms with Crippen molar-refractivity contribution in [2.75, 3.05) is 5.32 Å². The summed E-state index contributed by atoms with van der Waals surface area (Å²) in [5.74, 6) is 0.511. The third-order valence-corrected chi connectivity index (χ3v) is 3.20. The number of halogens is 1. The Hall–Kier alpha value is -2.20. The number of aryl methyl sites for hydroxylation is 1. The van der Waals surface area contributed by atoms with E-state index in [0.29, 0.717) is 23.2 Å². The lowest BCUT2D eigenvalue weighted by Crippen LogP contribution is -2.04. The molecule has 3 aromatic rings. The fourth-order valence-corrected chi connectivity index (χ4v) is 2.15. The molecule has 0 aliphatic carbocycles. The van der Waals surface area contributed by atoms with Gasteiger partial charge in [0.2, 0.25) is 5.95 Å². The molecule has 0 atom stereocenters. The van der Waals surface area contributed by atoms with Gasteiger partial charge >= 0.3 is 0 Å². The highest BCUT2D eigenvalue weighted by atomic mass is 35.5. The fraction of sp³-hybridized carbons (Fsp3) is 0.133. The zero-order chi connectivity index (χ0) is 13.9. The van der Waals surface area contributed by atoms with E-state index in [1.165, 1.54) is 0 Å². The van der Waals surface area contributed by atoms with Gasteiger partial charge in [0.25, 0.3) is 0 Å². The lowest BCUT2D eigenvalue weighted by molar-refractivity contribution is 1.06. The second kappa shape index (κ2) is 5.43. The molecule has 0 saturated heterocycles.